The highest BCUT2D eigenvalue weighted by Gasteiger charge is 2.14. The largest absolute Gasteiger partial charge is 0.326 e. The number of rotatable bonds is 2. The fraction of sp³-hybridized carbons (Fsp3) is 0.250. The van der Waals surface area contributed by atoms with Crippen LogP contribution in [-0.4, -0.2) is 15.0 Å². The summed E-state index contributed by atoms with van der Waals surface area (Å²) in [5.41, 5.74) is 7.73. The fourth-order valence-corrected chi connectivity index (χ4v) is 2.62. The van der Waals surface area contributed by atoms with Crippen LogP contribution in [0.15, 0.2) is 16.0 Å². The lowest BCUT2D eigenvalue weighted by Gasteiger charge is -2.01. The van der Waals surface area contributed by atoms with Gasteiger partial charge in [-0.05, 0) is 27.4 Å². The Kier molecular flexibility index (Phi) is 2.66. The van der Waals surface area contributed by atoms with E-state index in [0.717, 1.165) is 20.7 Å². The molecule has 0 spiro atoms. The number of hydrogen-bond acceptors (Lipinski definition) is 4. The molecule has 6 heteroatoms. The molecule has 0 radical (unpaired) electrons. The van der Waals surface area contributed by atoms with Crippen molar-refractivity contribution in [3.8, 4) is 11.3 Å². The first-order chi connectivity index (χ1) is 6.74. The van der Waals surface area contributed by atoms with Gasteiger partial charge in [-0.2, -0.15) is 0 Å². The van der Waals surface area contributed by atoms with Gasteiger partial charge in [0, 0.05) is 24.0 Å². The lowest BCUT2D eigenvalue weighted by molar-refractivity contribution is 0.719. The highest BCUT2D eigenvalue weighted by atomic mass is 79.9. The van der Waals surface area contributed by atoms with E-state index in [9.17, 15) is 0 Å². The lowest BCUT2D eigenvalue weighted by atomic mass is 10.2. The maximum Gasteiger partial charge on any atom is 0.156 e. The quantitative estimate of drug-likeness (QED) is 0.907. The Morgan fingerprint density at radius 1 is 1.64 bits per heavy atom. The molecule has 0 atom stereocenters. The van der Waals surface area contributed by atoms with Crippen molar-refractivity contribution in [3.05, 3.63) is 20.9 Å². The highest BCUT2D eigenvalue weighted by molar-refractivity contribution is 9.10. The Labute approximate surface area is 93.9 Å². The van der Waals surface area contributed by atoms with Crippen molar-refractivity contribution in [1.82, 2.24) is 15.0 Å². The molecule has 2 N–H and O–H groups in total. The molecule has 14 heavy (non-hydrogen) atoms. The molecular formula is C8H9BrN4S. The van der Waals surface area contributed by atoms with Gasteiger partial charge < -0.3 is 5.73 Å². The van der Waals surface area contributed by atoms with Crippen molar-refractivity contribution in [2.75, 3.05) is 0 Å². The second-order valence-electron chi connectivity index (χ2n) is 2.81. The minimum absolute atomic E-state index is 0.546. The van der Waals surface area contributed by atoms with E-state index in [-0.39, 0.29) is 0 Å². The van der Waals surface area contributed by atoms with Crippen LogP contribution in [0.4, 0.5) is 0 Å². The summed E-state index contributed by atoms with van der Waals surface area (Å²) in [5.74, 6) is 0. The topological polar surface area (TPSA) is 56.7 Å². The van der Waals surface area contributed by atoms with E-state index in [1.165, 1.54) is 0 Å². The van der Waals surface area contributed by atoms with Crippen molar-refractivity contribution < 1.29 is 0 Å². The third-order valence-corrected chi connectivity index (χ3v) is 3.45. The van der Waals surface area contributed by atoms with Gasteiger partial charge in [-0.3, -0.25) is 0 Å². The van der Waals surface area contributed by atoms with E-state index in [4.69, 9.17) is 5.73 Å². The third-order valence-electron chi connectivity index (χ3n) is 1.97. The van der Waals surface area contributed by atoms with Crippen LogP contribution in [0, 0.1) is 0 Å². The maximum atomic E-state index is 5.65. The van der Waals surface area contributed by atoms with Crippen molar-refractivity contribution in [2.45, 2.75) is 6.54 Å². The zero-order valence-corrected chi connectivity index (χ0v) is 9.97. The van der Waals surface area contributed by atoms with E-state index in [2.05, 4.69) is 26.2 Å². The summed E-state index contributed by atoms with van der Waals surface area (Å²) in [7, 11) is 1.87. The van der Waals surface area contributed by atoms with Crippen LogP contribution in [0.1, 0.15) is 4.88 Å². The number of nitrogens with zero attached hydrogens (tertiary/aromatic N) is 3. The van der Waals surface area contributed by atoms with Gasteiger partial charge in [0.15, 0.2) is 4.60 Å². The monoisotopic (exact) mass is 272 g/mol. The normalized spacial score (nSPS) is 10.8. The molecule has 0 aliphatic carbocycles. The second-order valence-corrected chi connectivity index (χ2v) is 4.57. The number of halogens is 1. The van der Waals surface area contributed by atoms with Crippen LogP contribution in [0.5, 0.6) is 0 Å². The molecule has 2 aromatic heterocycles. The smallest absolute Gasteiger partial charge is 0.156 e. The first kappa shape index (κ1) is 9.82. The number of nitrogens with two attached hydrogens (primary N) is 1. The summed E-state index contributed by atoms with van der Waals surface area (Å²) in [4.78, 5) is 1.15. The maximum absolute atomic E-state index is 5.65. The molecule has 0 bridgehead atoms. The molecule has 2 rings (SSSR count). The highest BCUT2D eigenvalue weighted by Crippen LogP contribution is 2.31. The number of thiophene rings is 1. The predicted octanol–water partition coefficient (Wildman–Crippen LogP) is 1.76. The lowest BCUT2D eigenvalue weighted by Crippen LogP contribution is -1.98. The minimum atomic E-state index is 0.546. The fourth-order valence-electron chi connectivity index (χ4n) is 1.33. The number of aromatic nitrogens is 3. The van der Waals surface area contributed by atoms with Gasteiger partial charge in [0.2, 0.25) is 0 Å². The van der Waals surface area contributed by atoms with E-state index >= 15 is 0 Å². The average molecular weight is 273 g/mol. The van der Waals surface area contributed by atoms with Crippen molar-refractivity contribution in [2.24, 2.45) is 12.8 Å². The van der Waals surface area contributed by atoms with Crippen molar-refractivity contribution in [1.29, 1.82) is 0 Å². The molecule has 2 heterocycles. The molecule has 0 saturated heterocycles. The Bertz CT molecular complexity index is 428. The molecule has 0 amide bonds. The van der Waals surface area contributed by atoms with Gasteiger partial charge in [0.1, 0.15) is 5.69 Å². The van der Waals surface area contributed by atoms with E-state index < -0.39 is 0 Å². The minimum Gasteiger partial charge on any atom is -0.326 e. The SMILES string of the molecule is Cn1nnc(Br)c1-c1ccsc1CN. The summed E-state index contributed by atoms with van der Waals surface area (Å²) >= 11 is 5.02. The van der Waals surface area contributed by atoms with Gasteiger partial charge in [0.05, 0.1) is 0 Å². The average Bonchev–Trinajstić information content (AvgIpc) is 2.73. The first-order valence-electron chi connectivity index (χ1n) is 4.06. The number of aryl methyl sites for hydroxylation is 1. The van der Waals surface area contributed by atoms with Gasteiger partial charge in [0.25, 0.3) is 0 Å². The molecule has 0 aliphatic rings. The molecule has 0 unspecified atom stereocenters. The molecule has 0 aliphatic heterocycles. The van der Waals surface area contributed by atoms with Crippen molar-refractivity contribution in [3.63, 3.8) is 0 Å². The standard InChI is InChI=1S/C8H9BrN4S/c1-13-7(8(9)11-12-13)5-2-3-14-6(5)4-10/h2-3H,4,10H2,1H3. The number of hydrogen-bond donors (Lipinski definition) is 1. The molecule has 0 saturated carbocycles. The summed E-state index contributed by atoms with van der Waals surface area (Å²) in [6.07, 6.45) is 0. The Balaban J connectivity index is 2.59. The summed E-state index contributed by atoms with van der Waals surface area (Å²) < 4.78 is 2.50. The van der Waals surface area contributed by atoms with Gasteiger partial charge in [-0.25, -0.2) is 4.68 Å². The zero-order chi connectivity index (χ0) is 10.1. The van der Waals surface area contributed by atoms with Crippen LogP contribution in [-0.2, 0) is 13.6 Å². The van der Waals surface area contributed by atoms with E-state index in [1.807, 2.05) is 18.5 Å². The Morgan fingerprint density at radius 3 is 3.00 bits per heavy atom. The summed E-state index contributed by atoms with van der Waals surface area (Å²) in [5, 5.41) is 9.90. The zero-order valence-electron chi connectivity index (χ0n) is 7.57. The van der Waals surface area contributed by atoms with E-state index in [1.54, 1.807) is 16.0 Å². The van der Waals surface area contributed by atoms with Crippen LogP contribution in [0.3, 0.4) is 0 Å². The molecule has 0 aromatic carbocycles. The van der Waals surface area contributed by atoms with Gasteiger partial charge in [-0.1, -0.05) is 5.21 Å². The van der Waals surface area contributed by atoms with Crippen LogP contribution < -0.4 is 5.73 Å². The molecular weight excluding hydrogens is 264 g/mol. The van der Waals surface area contributed by atoms with Crippen molar-refractivity contribution >= 4 is 27.3 Å². The Hall–Kier alpha value is -0.720. The predicted molar refractivity (Wildman–Crippen MR) is 59.9 cm³/mol. The summed E-state index contributed by atoms with van der Waals surface area (Å²) in [6, 6.07) is 2.04. The summed E-state index contributed by atoms with van der Waals surface area (Å²) in [6.45, 7) is 0.546. The molecule has 0 fully saturated rings. The van der Waals surface area contributed by atoms with Gasteiger partial charge in [-0.15, -0.1) is 16.4 Å². The van der Waals surface area contributed by atoms with Gasteiger partial charge >= 0.3 is 0 Å². The molecule has 74 valence electrons. The third kappa shape index (κ3) is 1.49. The van der Waals surface area contributed by atoms with Crippen LogP contribution >= 0.6 is 27.3 Å². The first-order valence-corrected chi connectivity index (χ1v) is 5.73. The van der Waals surface area contributed by atoms with Crippen LogP contribution in [0.2, 0.25) is 0 Å². The second kappa shape index (κ2) is 3.80. The Morgan fingerprint density at radius 2 is 2.43 bits per heavy atom. The van der Waals surface area contributed by atoms with E-state index in [0.29, 0.717) is 6.54 Å². The molecule has 2 aromatic rings. The van der Waals surface area contributed by atoms with Crippen LogP contribution in [0.25, 0.3) is 11.3 Å². The molecule has 4 nitrogen and oxygen atoms in total.